The maximum atomic E-state index is 13.2. The smallest absolute Gasteiger partial charge is 0.278 e. The first-order chi connectivity index (χ1) is 15.6. The molecule has 0 unspecified atom stereocenters. The molecular weight excluding hydrogens is 412 g/mol. The van der Waals surface area contributed by atoms with Crippen LogP contribution in [0.5, 0.6) is 0 Å². The summed E-state index contributed by atoms with van der Waals surface area (Å²) in [4.78, 5) is 33.1. The highest BCUT2D eigenvalue weighted by atomic mass is 16.5. The molecule has 170 valence electrons. The van der Waals surface area contributed by atoms with Crippen LogP contribution < -0.4 is 21.2 Å². The molecule has 3 N–H and O–H groups in total. The summed E-state index contributed by atoms with van der Waals surface area (Å²) in [6, 6.07) is 6.91. The number of anilines is 1. The molecule has 10 heteroatoms. The summed E-state index contributed by atoms with van der Waals surface area (Å²) in [5.74, 6) is -0.0274. The fourth-order valence-corrected chi connectivity index (χ4v) is 3.92. The molecule has 0 atom stereocenters. The van der Waals surface area contributed by atoms with Gasteiger partial charge in [-0.2, -0.15) is 0 Å². The first-order valence-corrected chi connectivity index (χ1v) is 10.8. The number of rotatable bonds is 8. The van der Waals surface area contributed by atoms with Crippen molar-refractivity contribution in [1.82, 2.24) is 19.6 Å². The van der Waals surface area contributed by atoms with Crippen molar-refractivity contribution in [3.8, 4) is 0 Å². The Hall–Kier alpha value is -3.08. The number of amides is 1. The molecule has 0 aliphatic carbocycles. The third kappa shape index (κ3) is 4.57. The van der Waals surface area contributed by atoms with E-state index in [1.165, 1.54) is 4.40 Å². The lowest BCUT2D eigenvalue weighted by atomic mass is 10.1. The molecule has 0 radical (unpaired) electrons. The summed E-state index contributed by atoms with van der Waals surface area (Å²) in [6.45, 7) is 5.32. The molecule has 0 bridgehead atoms. The summed E-state index contributed by atoms with van der Waals surface area (Å²) in [5.41, 5.74) is 7.43. The molecule has 1 fully saturated rings. The second-order valence-corrected chi connectivity index (χ2v) is 7.73. The molecule has 32 heavy (non-hydrogen) atoms. The van der Waals surface area contributed by atoms with E-state index >= 15 is 0 Å². The average molecular weight is 442 g/mol. The van der Waals surface area contributed by atoms with Crippen LogP contribution in [-0.4, -0.2) is 73.3 Å². The third-order valence-electron chi connectivity index (χ3n) is 5.65. The molecule has 10 nitrogen and oxygen atoms in total. The topological polar surface area (TPSA) is 115 Å². The van der Waals surface area contributed by atoms with Gasteiger partial charge in [-0.1, -0.05) is 11.1 Å². The molecule has 4 heterocycles. The Morgan fingerprint density at radius 2 is 2.16 bits per heavy atom. The van der Waals surface area contributed by atoms with Crippen LogP contribution in [0.2, 0.25) is 0 Å². The van der Waals surface area contributed by atoms with Gasteiger partial charge in [-0.3, -0.25) is 18.9 Å². The number of nitrogen functional groups attached to an aromatic ring is 1. The number of pyridine rings is 2. The Morgan fingerprint density at radius 3 is 2.94 bits per heavy atom. The van der Waals surface area contributed by atoms with Gasteiger partial charge >= 0.3 is 0 Å². The SMILES string of the molecule is COCCC[n+]1c(N)c(C(=O)NCCN2CCOCC2)cc2c(=O)n3ccccc3nc21. The lowest BCUT2D eigenvalue weighted by molar-refractivity contribution is -0.659. The van der Waals surface area contributed by atoms with Crippen molar-refractivity contribution in [3.63, 3.8) is 0 Å². The number of methoxy groups -OCH3 is 1. The van der Waals surface area contributed by atoms with Gasteiger partial charge in [0.15, 0.2) is 0 Å². The first-order valence-electron chi connectivity index (χ1n) is 10.8. The molecule has 0 spiro atoms. The Kier molecular flexibility index (Phi) is 6.93. The number of fused-ring (bicyclic) bond motifs is 2. The van der Waals surface area contributed by atoms with Crippen molar-refractivity contribution in [1.29, 1.82) is 0 Å². The Bertz CT molecular complexity index is 1170. The molecule has 1 amide bonds. The van der Waals surface area contributed by atoms with E-state index in [0.717, 1.165) is 19.6 Å². The maximum absolute atomic E-state index is 13.2. The van der Waals surface area contributed by atoms with Gasteiger partial charge in [-0.15, -0.1) is 0 Å². The molecule has 3 aromatic rings. The number of morpholine rings is 1. The predicted molar refractivity (Wildman–Crippen MR) is 120 cm³/mol. The van der Waals surface area contributed by atoms with Crippen molar-refractivity contribution in [2.45, 2.75) is 13.0 Å². The standard InChI is InChI=1S/C22H28N6O4/c1-31-12-4-8-28-19(23)16(21(29)24-6-9-26-10-13-32-14-11-26)15-17-20(28)25-18-5-2-3-7-27(18)22(17)30/h2-3,5,7,15,23H,4,6,8-14H2,1H3,(H,24,29)/p+1. The number of carbonyl (C=O) groups excluding carboxylic acids is 1. The van der Waals surface area contributed by atoms with E-state index in [-0.39, 0.29) is 22.8 Å². The van der Waals surface area contributed by atoms with Crippen LogP contribution in [0.1, 0.15) is 16.8 Å². The number of nitrogens with one attached hydrogen (secondary N) is 1. The fourth-order valence-electron chi connectivity index (χ4n) is 3.92. The van der Waals surface area contributed by atoms with E-state index in [4.69, 9.17) is 15.2 Å². The second kappa shape index (κ2) is 10.0. The number of aromatic nitrogens is 3. The van der Waals surface area contributed by atoms with Crippen LogP contribution in [0.3, 0.4) is 0 Å². The molecule has 1 aliphatic heterocycles. The zero-order chi connectivity index (χ0) is 22.5. The molecule has 1 aliphatic rings. The quantitative estimate of drug-likeness (QED) is 0.283. The Morgan fingerprint density at radius 1 is 1.34 bits per heavy atom. The average Bonchev–Trinajstić information content (AvgIpc) is 2.81. The summed E-state index contributed by atoms with van der Waals surface area (Å²) in [7, 11) is 1.63. The lowest BCUT2D eigenvalue weighted by Gasteiger charge is -2.26. The second-order valence-electron chi connectivity index (χ2n) is 7.73. The predicted octanol–water partition coefficient (Wildman–Crippen LogP) is -0.184. The number of carbonyl (C=O) groups is 1. The Labute approximate surface area is 185 Å². The van der Waals surface area contributed by atoms with Gasteiger partial charge in [0.25, 0.3) is 17.1 Å². The number of ether oxygens (including phenoxy) is 2. The maximum Gasteiger partial charge on any atom is 0.278 e. The fraction of sp³-hybridized carbons (Fsp3) is 0.455. The monoisotopic (exact) mass is 441 g/mol. The van der Waals surface area contributed by atoms with Gasteiger partial charge in [-0.25, -0.2) is 4.57 Å². The van der Waals surface area contributed by atoms with E-state index < -0.39 is 0 Å². The zero-order valence-electron chi connectivity index (χ0n) is 18.2. The normalized spacial score (nSPS) is 14.8. The summed E-state index contributed by atoms with van der Waals surface area (Å²) >= 11 is 0. The van der Waals surface area contributed by atoms with Crippen molar-refractivity contribution >= 4 is 28.4 Å². The zero-order valence-corrected chi connectivity index (χ0v) is 18.2. The van der Waals surface area contributed by atoms with Crippen molar-refractivity contribution in [3.05, 3.63) is 46.4 Å². The highest BCUT2D eigenvalue weighted by molar-refractivity contribution is 6.00. The minimum Gasteiger partial charge on any atom is -0.385 e. The Balaban J connectivity index is 1.68. The summed E-state index contributed by atoms with van der Waals surface area (Å²) in [5, 5.41) is 3.28. The van der Waals surface area contributed by atoms with Gasteiger partial charge in [-0.05, 0) is 18.2 Å². The number of aryl methyl sites for hydroxylation is 1. The minimum absolute atomic E-state index is 0.242. The van der Waals surface area contributed by atoms with E-state index in [0.29, 0.717) is 56.0 Å². The number of hydrogen-bond donors (Lipinski definition) is 2. The lowest BCUT2D eigenvalue weighted by Crippen LogP contribution is -2.44. The van der Waals surface area contributed by atoms with Gasteiger partial charge in [0.1, 0.15) is 10.9 Å². The van der Waals surface area contributed by atoms with Gasteiger partial charge in [0.05, 0.1) is 19.8 Å². The van der Waals surface area contributed by atoms with E-state index in [9.17, 15) is 9.59 Å². The van der Waals surface area contributed by atoms with Crippen LogP contribution in [-0.2, 0) is 16.0 Å². The van der Waals surface area contributed by atoms with Gasteiger partial charge in [0, 0.05) is 52.5 Å². The van der Waals surface area contributed by atoms with Crippen molar-refractivity contribution in [2.24, 2.45) is 0 Å². The van der Waals surface area contributed by atoms with E-state index in [2.05, 4.69) is 15.2 Å². The molecule has 4 rings (SSSR count). The molecule has 0 saturated carbocycles. The van der Waals surface area contributed by atoms with Crippen molar-refractivity contribution < 1.29 is 18.8 Å². The van der Waals surface area contributed by atoms with Crippen LogP contribution in [0, 0.1) is 0 Å². The molecule has 3 aromatic heterocycles. The number of nitrogens with two attached hydrogens (primary N) is 1. The summed E-state index contributed by atoms with van der Waals surface area (Å²) in [6.07, 6.45) is 2.33. The third-order valence-corrected chi connectivity index (χ3v) is 5.65. The van der Waals surface area contributed by atoms with Crippen LogP contribution >= 0.6 is 0 Å². The molecular formula is C22H29N6O4+. The minimum atomic E-state index is -0.310. The van der Waals surface area contributed by atoms with Gasteiger partial charge in [0.2, 0.25) is 11.5 Å². The van der Waals surface area contributed by atoms with Gasteiger partial charge < -0.3 is 20.5 Å². The van der Waals surface area contributed by atoms with Crippen LogP contribution in [0.15, 0.2) is 35.3 Å². The number of nitrogens with zero attached hydrogens (tertiary/aromatic N) is 4. The van der Waals surface area contributed by atoms with E-state index in [1.54, 1.807) is 36.1 Å². The number of hydrogen-bond acceptors (Lipinski definition) is 7. The van der Waals surface area contributed by atoms with E-state index in [1.807, 2.05) is 6.07 Å². The van der Waals surface area contributed by atoms with Crippen LogP contribution in [0.4, 0.5) is 5.82 Å². The van der Waals surface area contributed by atoms with Crippen molar-refractivity contribution in [2.75, 3.05) is 58.8 Å². The first kappa shape index (κ1) is 22.1. The highest BCUT2D eigenvalue weighted by Gasteiger charge is 2.24. The molecule has 0 aromatic carbocycles. The molecule has 1 saturated heterocycles. The largest absolute Gasteiger partial charge is 0.385 e. The summed E-state index contributed by atoms with van der Waals surface area (Å²) < 4.78 is 13.7. The highest BCUT2D eigenvalue weighted by Crippen LogP contribution is 2.15. The van der Waals surface area contributed by atoms with Crippen LogP contribution in [0.25, 0.3) is 16.7 Å².